The second-order valence-electron chi connectivity index (χ2n) is 9.52. The van der Waals surface area contributed by atoms with Gasteiger partial charge in [0.15, 0.2) is 0 Å². The number of ether oxygens (including phenoxy) is 2. The number of benzene rings is 3. The lowest BCUT2D eigenvalue weighted by molar-refractivity contribution is 0.102. The first-order valence-corrected chi connectivity index (χ1v) is 15.3. The number of aromatic nitrogens is 2. The average molecular weight is 615 g/mol. The average Bonchev–Trinajstić information content (AvgIpc) is 3.66. The van der Waals surface area contributed by atoms with E-state index in [2.05, 4.69) is 31.4 Å². The van der Waals surface area contributed by atoms with Crippen molar-refractivity contribution >= 4 is 65.4 Å². The topological polar surface area (TPSA) is 88.3 Å². The Morgan fingerprint density at radius 2 is 1.79 bits per heavy atom. The van der Waals surface area contributed by atoms with Crippen molar-refractivity contribution in [2.75, 3.05) is 24.9 Å². The third-order valence-corrected chi connectivity index (χ3v) is 9.10. The lowest BCUT2D eigenvalue weighted by Gasteiger charge is -2.15. The fourth-order valence-electron chi connectivity index (χ4n) is 4.43. The van der Waals surface area contributed by atoms with Gasteiger partial charge in [0.25, 0.3) is 5.91 Å². The number of allylic oxidation sites excluding steroid dienone is 1. The largest absolute Gasteiger partial charge is 0.496 e. The van der Waals surface area contributed by atoms with Crippen molar-refractivity contribution in [3.63, 3.8) is 0 Å². The molecule has 1 amide bonds. The molecule has 214 valence electrons. The maximum Gasteiger partial charge on any atom is 0.255 e. The predicted octanol–water partition coefficient (Wildman–Crippen LogP) is 8.75. The van der Waals surface area contributed by atoms with Crippen molar-refractivity contribution in [3.05, 3.63) is 105 Å². The minimum Gasteiger partial charge on any atom is -0.496 e. The van der Waals surface area contributed by atoms with Crippen LogP contribution in [0.1, 0.15) is 27.9 Å². The molecule has 3 aromatic carbocycles. The Hall–Kier alpha value is -4.04. The van der Waals surface area contributed by atoms with Gasteiger partial charge >= 0.3 is 0 Å². The standard InChI is InChI=1S/C32H31N4O3PS2/c1-18-28(38-4)15-25(16-29(18)39-5)34-20(3)42-30(19(2)40)32-36-27(17-41-32)21-7-6-8-24(14-21)35-31(37)23-9-10-26-22(13-23)11-12-33-26/h6-17,33-34H,3,40H2,1-2,4-5H3,(H,35,37)/b30-19+. The van der Waals surface area contributed by atoms with Crippen molar-refractivity contribution in [1.82, 2.24) is 9.97 Å². The quantitative estimate of drug-likeness (QED) is 0.136. The van der Waals surface area contributed by atoms with E-state index >= 15 is 0 Å². The molecule has 0 aliphatic carbocycles. The van der Waals surface area contributed by atoms with Gasteiger partial charge in [-0.25, -0.2) is 4.98 Å². The first-order valence-electron chi connectivity index (χ1n) is 13.0. The number of thioether (sulfide) groups is 1. The number of hydrogen-bond acceptors (Lipinski definition) is 7. The Labute approximate surface area is 255 Å². The molecule has 1 unspecified atom stereocenters. The lowest BCUT2D eigenvalue weighted by Crippen LogP contribution is -2.11. The highest BCUT2D eigenvalue weighted by atomic mass is 32.2. The second kappa shape index (κ2) is 12.9. The molecule has 0 saturated heterocycles. The summed E-state index contributed by atoms with van der Waals surface area (Å²) in [4.78, 5) is 22.0. The summed E-state index contributed by atoms with van der Waals surface area (Å²) in [6.07, 6.45) is 1.86. The van der Waals surface area contributed by atoms with Crippen LogP contribution in [-0.4, -0.2) is 30.1 Å². The van der Waals surface area contributed by atoms with Crippen LogP contribution in [0.4, 0.5) is 11.4 Å². The van der Waals surface area contributed by atoms with E-state index in [1.807, 2.05) is 86.1 Å². The van der Waals surface area contributed by atoms with Crippen molar-refractivity contribution in [1.29, 1.82) is 0 Å². The Balaban J connectivity index is 1.30. The van der Waals surface area contributed by atoms with E-state index in [9.17, 15) is 4.79 Å². The number of nitrogens with zero attached hydrogens (tertiary/aromatic N) is 1. The van der Waals surface area contributed by atoms with E-state index in [-0.39, 0.29) is 5.91 Å². The number of carbonyl (C=O) groups is 1. The van der Waals surface area contributed by atoms with Crippen LogP contribution in [0.5, 0.6) is 11.5 Å². The van der Waals surface area contributed by atoms with E-state index in [4.69, 9.17) is 14.5 Å². The zero-order valence-corrected chi connectivity index (χ0v) is 26.5. The van der Waals surface area contributed by atoms with E-state index in [1.165, 1.54) is 11.8 Å². The van der Waals surface area contributed by atoms with Crippen LogP contribution in [0.3, 0.4) is 0 Å². The summed E-state index contributed by atoms with van der Waals surface area (Å²) in [5.74, 6) is 1.30. The van der Waals surface area contributed by atoms with Crippen LogP contribution in [0.15, 0.2) is 89.2 Å². The second-order valence-corrected chi connectivity index (χ2v) is 12.3. The van der Waals surface area contributed by atoms with Crippen molar-refractivity contribution < 1.29 is 14.3 Å². The molecule has 0 bridgehead atoms. The Morgan fingerprint density at radius 3 is 2.50 bits per heavy atom. The number of hydrogen-bond donors (Lipinski definition) is 3. The lowest BCUT2D eigenvalue weighted by atomic mass is 10.1. The monoisotopic (exact) mass is 614 g/mol. The van der Waals surface area contributed by atoms with Crippen LogP contribution in [0.25, 0.3) is 27.1 Å². The van der Waals surface area contributed by atoms with Crippen LogP contribution >= 0.6 is 32.3 Å². The van der Waals surface area contributed by atoms with E-state index < -0.39 is 0 Å². The number of rotatable bonds is 10. The molecule has 0 radical (unpaired) electrons. The van der Waals surface area contributed by atoms with Crippen molar-refractivity contribution in [2.24, 2.45) is 0 Å². The van der Waals surface area contributed by atoms with E-state index in [1.54, 1.807) is 25.6 Å². The minimum atomic E-state index is -0.163. The summed E-state index contributed by atoms with van der Waals surface area (Å²) in [5.41, 5.74) is 5.79. The summed E-state index contributed by atoms with van der Waals surface area (Å²) in [6, 6.07) is 19.1. The number of amides is 1. The first-order chi connectivity index (χ1) is 20.2. The molecular weight excluding hydrogens is 583 g/mol. The SMILES string of the molecule is C=C(Nc1cc(OC)c(C)c(OC)c1)S/C(=C(\C)P)c1nc(-c2cccc(NC(=O)c3ccc4[nH]ccc4c3)c2)cs1. The first kappa shape index (κ1) is 29.5. The molecule has 1 atom stereocenters. The molecule has 0 aliphatic rings. The number of thiazole rings is 1. The number of H-pyrrole nitrogens is 1. The highest BCUT2D eigenvalue weighted by molar-refractivity contribution is 8.12. The molecule has 10 heteroatoms. The maximum absolute atomic E-state index is 12.9. The highest BCUT2D eigenvalue weighted by Crippen LogP contribution is 2.41. The van der Waals surface area contributed by atoms with Crippen molar-refractivity contribution in [3.8, 4) is 22.8 Å². The third-order valence-electron chi connectivity index (χ3n) is 6.55. The number of carbonyl (C=O) groups excluding carboxylic acids is 1. The van der Waals surface area contributed by atoms with Gasteiger partial charge in [-0.05, 0) is 55.6 Å². The summed E-state index contributed by atoms with van der Waals surface area (Å²) in [5, 5.41) is 12.0. The van der Waals surface area contributed by atoms with Gasteiger partial charge in [-0.1, -0.05) is 30.5 Å². The van der Waals surface area contributed by atoms with Crippen molar-refractivity contribution in [2.45, 2.75) is 13.8 Å². The van der Waals surface area contributed by atoms with Gasteiger partial charge < -0.3 is 25.1 Å². The molecule has 0 aliphatic heterocycles. The van der Waals surface area contributed by atoms with Crippen LogP contribution in [0.2, 0.25) is 0 Å². The molecule has 2 aromatic heterocycles. The predicted molar refractivity (Wildman–Crippen MR) is 181 cm³/mol. The van der Waals surface area contributed by atoms with Gasteiger partial charge in [0.2, 0.25) is 0 Å². The molecule has 0 spiro atoms. The molecule has 5 rings (SSSR count). The number of methoxy groups -OCH3 is 2. The van der Waals surface area contributed by atoms with E-state index in [0.29, 0.717) is 11.3 Å². The fraction of sp³-hybridized carbons (Fsp3) is 0.125. The Morgan fingerprint density at radius 1 is 1.02 bits per heavy atom. The normalized spacial score (nSPS) is 11.6. The fourth-order valence-corrected chi connectivity index (χ4v) is 6.65. The minimum absolute atomic E-state index is 0.163. The van der Waals surface area contributed by atoms with E-state index in [0.717, 1.165) is 65.2 Å². The van der Waals surface area contributed by atoms with Gasteiger partial charge in [0, 0.05) is 62.7 Å². The maximum atomic E-state index is 12.9. The molecule has 2 heterocycles. The summed E-state index contributed by atoms with van der Waals surface area (Å²) < 4.78 is 11.0. The summed E-state index contributed by atoms with van der Waals surface area (Å²) >= 11 is 3.07. The molecule has 5 aromatic rings. The van der Waals surface area contributed by atoms with Gasteiger partial charge in [0.05, 0.1) is 29.8 Å². The van der Waals surface area contributed by atoms with Crippen LogP contribution in [0, 0.1) is 6.92 Å². The zero-order chi connectivity index (χ0) is 29.8. The molecule has 3 N–H and O–H groups in total. The van der Waals surface area contributed by atoms with Crippen LogP contribution < -0.4 is 20.1 Å². The summed E-state index contributed by atoms with van der Waals surface area (Å²) in [6.45, 7) is 8.22. The van der Waals surface area contributed by atoms with Gasteiger partial charge in [0.1, 0.15) is 16.5 Å². The van der Waals surface area contributed by atoms with Gasteiger partial charge in [-0.3, -0.25) is 4.79 Å². The number of nitrogens with one attached hydrogen (secondary N) is 3. The third kappa shape index (κ3) is 6.54. The van der Waals surface area contributed by atoms with Gasteiger partial charge in [-0.2, -0.15) is 0 Å². The number of anilines is 2. The Bertz CT molecular complexity index is 1800. The molecule has 7 nitrogen and oxygen atoms in total. The van der Waals surface area contributed by atoms with Crippen LogP contribution in [-0.2, 0) is 0 Å². The number of fused-ring (bicyclic) bond motifs is 1. The Kier molecular flexibility index (Phi) is 9.02. The highest BCUT2D eigenvalue weighted by Gasteiger charge is 2.16. The molecule has 0 fully saturated rings. The zero-order valence-electron chi connectivity index (χ0n) is 23.7. The molecule has 0 saturated carbocycles. The number of aromatic amines is 1. The molecular formula is C32H31N4O3PS2. The van der Waals surface area contributed by atoms with Gasteiger partial charge in [-0.15, -0.1) is 20.6 Å². The summed E-state index contributed by atoms with van der Waals surface area (Å²) in [7, 11) is 6.05. The smallest absolute Gasteiger partial charge is 0.255 e. The molecule has 42 heavy (non-hydrogen) atoms.